The van der Waals surface area contributed by atoms with Crippen LogP contribution in [0.25, 0.3) is 0 Å². The lowest BCUT2D eigenvalue weighted by molar-refractivity contribution is 0.0997. The first kappa shape index (κ1) is 14.3. The Hall–Kier alpha value is -1.65. The summed E-state index contributed by atoms with van der Waals surface area (Å²) in [6.07, 6.45) is 3.47. The first-order valence-electron chi connectivity index (χ1n) is 6.73. The van der Waals surface area contributed by atoms with Crippen molar-refractivity contribution in [1.29, 1.82) is 0 Å². The zero-order valence-electron chi connectivity index (χ0n) is 11.4. The second-order valence-corrected chi connectivity index (χ2v) is 6.62. The van der Waals surface area contributed by atoms with Crippen molar-refractivity contribution in [2.75, 3.05) is 5.73 Å². The molecule has 4 N–H and O–H groups in total. The Bertz CT molecular complexity index is 730. The number of carbonyl (C=O) groups is 1. The van der Waals surface area contributed by atoms with Crippen molar-refractivity contribution in [1.82, 2.24) is 0 Å². The predicted octanol–water partition coefficient (Wildman–Crippen LogP) is 3.66. The van der Waals surface area contributed by atoms with E-state index in [-0.39, 0.29) is 0 Å². The highest BCUT2D eigenvalue weighted by atomic mass is 35.5. The summed E-state index contributed by atoms with van der Waals surface area (Å²) >= 11 is 7.69. The highest BCUT2D eigenvalue weighted by Crippen LogP contribution is 2.38. The third-order valence-corrected chi connectivity index (χ3v) is 5.16. The summed E-state index contributed by atoms with van der Waals surface area (Å²) in [6.45, 7) is 0. The molecular formula is C16H15ClN2OS. The van der Waals surface area contributed by atoms with E-state index in [1.165, 1.54) is 29.3 Å². The SMILES string of the molecule is NC(=O)c1cc(N)cc(Cl)c1Sc1ccc2c(c1)CCC2. The minimum Gasteiger partial charge on any atom is -0.399 e. The Kier molecular flexibility index (Phi) is 3.83. The fourth-order valence-electron chi connectivity index (χ4n) is 2.63. The molecule has 0 bridgehead atoms. The molecule has 3 rings (SSSR count). The standard InChI is InChI=1S/C16H15ClN2OS/c17-14-8-11(18)7-13(16(19)20)15(14)21-12-5-4-9-2-1-3-10(9)6-12/h4-8H,1-3,18H2,(H2,19,20). The number of aryl methyl sites for hydroxylation is 2. The highest BCUT2D eigenvalue weighted by Gasteiger charge is 2.16. The van der Waals surface area contributed by atoms with Crippen molar-refractivity contribution in [3.63, 3.8) is 0 Å². The first-order valence-corrected chi connectivity index (χ1v) is 7.92. The van der Waals surface area contributed by atoms with Gasteiger partial charge in [-0.25, -0.2) is 0 Å². The molecular weight excluding hydrogens is 304 g/mol. The molecule has 0 saturated heterocycles. The lowest BCUT2D eigenvalue weighted by Gasteiger charge is -2.11. The smallest absolute Gasteiger partial charge is 0.249 e. The molecule has 0 atom stereocenters. The Morgan fingerprint density at radius 3 is 2.67 bits per heavy atom. The number of hydrogen-bond acceptors (Lipinski definition) is 3. The Morgan fingerprint density at radius 1 is 1.14 bits per heavy atom. The van der Waals surface area contributed by atoms with Gasteiger partial charge in [-0.05, 0) is 54.7 Å². The van der Waals surface area contributed by atoms with Crippen LogP contribution in [0.15, 0.2) is 40.1 Å². The molecule has 1 aliphatic rings. The number of primary amides is 1. The third kappa shape index (κ3) is 2.87. The van der Waals surface area contributed by atoms with E-state index in [1.807, 2.05) is 0 Å². The fourth-order valence-corrected chi connectivity index (χ4v) is 3.97. The molecule has 2 aromatic carbocycles. The molecule has 0 heterocycles. The van der Waals surface area contributed by atoms with Gasteiger partial charge in [-0.2, -0.15) is 0 Å². The van der Waals surface area contributed by atoms with Gasteiger partial charge in [0.05, 0.1) is 10.6 Å². The van der Waals surface area contributed by atoms with Crippen LogP contribution in [-0.2, 0) is 12.8 Å². The van der Waals surface area contributed by atoms with Gasteiger partial charge < -0.3 is 11.5 Å². The van der Waals surface area contributed by atoms with Gasteiger partial charge >= 0.3 is 0 Å². The van der Waals surface area contributed by atoms with Crippen LogP contribution in [0.2, 0.25) is 5.02 Å². The number of halogens is 1. The summed E-state index contributed by atoms with van der Waals surface area (Å²) in [5.41, 5.74) is 14.8. The minimum atomic E-state index is -0.520. The van der Waals surface area contributed by atoms with Crippen LogP contribution >= 0.6 is 23.4 Å². The lowest BCUT2D eigenvalue weighted by atomic mass is 10.1. The molecule has 21 heavy (non-hydrogen) atoms. The lowest BCUT2D eigenvalue weighted by Crippen LogP contribution is -2.13. The largest absolute Gasteiger partial charge is 0.399 e. The summed E-state index contributed by atoms with van der Waals surface area (Å²) in [7, 11) is 0. The molecule has 2 aromatic rings. The third-order valence-electron chi connectivity index (χ3n) is 3.62. The summed E-state index contributed by atoms with van der Waals surface area (Å²) < 4.78 is 0. The molecule has 0 spiro atoms. The number of nitrogens with two attached hydrogens (primary N) is 2. The number of benzene rings is 2. The van der Waals surface area contributed by atoms with Gasteiger partial charge in [-0.15, -0.1) is 0 Å². The number of anilines is 1. The maximum Gasteiger partial charge on any atom is 0.249 e. The Balaban J connectivity index is 2.00. The van der Waals surface area contributed by atoms with Crippen molar-refractivity contribution < 1.29 is 4.79 Å². The molecule has 5 heteroatoms. The van der Waals surface area contributed by atoms with Gasteiger partial charge in [0.15, 0.2) is 0 Å². The van der Waals surface area contributed by atoms with Crippen molar-refractivity contribution in [2.24, 2.45) is 5.73 Å². The number of hydrogen-bond donors (Lipinski definition) is 2. The number of carbonyl (C=O) groups excluding carboxylic acids is 1. The van der Waals surface area contributed by atoms with E-state index >= 15 is 0 Å². The number of fused-ring (bicyclic) bond motifs is 1. The summed E-state index contributed by atoms with van der Waals surface area (Å²) in [4.78, 5) is 13.3. The highest BCUT2D eigenvalue weighted by molar-refractivity contribution is 7.99. The van der Waals surface area contributed by atoms with Gasteiger partial charge in [0.1, 0.15) is 0 Å². The van der Waals surface area contributed by atoms with Crippen LogP contribution in [0.5, 0.6) is 0 Å². The summed E-state index contributed by atoms with van der Waals surface area (Å²) in [5, 5.41) is 0.453. The fraction of sp³-hybridized carbons (Fsp3) is 0.188. The number of nitrogen functional groups attached to an aromatic ring is 1. The zero-order chi connectivity index (χ0) is 15.0. The Labute approximate surface area is 132 Å². The van der Waals surface area contributed by atoms with Gasteiger partial charge in [0.25, 0.3) is 0 Å². The molecule has 3 nitrogen and oxygen atoms in total. The molecule has 0 radical (unpaired) electrons. The topological polar surface area (TPSA) is 69.1 Å². The van der Waals surface area contributed by atoms with Crippen LogP contribution in [-0.4, -0.2) is 5.91 Å². The van der Waals surface area contributed by atoms with Crippen molar-refractivity contribution >= 4 is 35.0 Å². The second-order valence-electron chi connectivity index (χ2n) is 5.13. The van der Waals surface area contributed by atoms with Crippen molar-refractivity contribution in [3.8, 4) is 0 Å². The molecule has 0 unspecified atom stereocenters. The number of amides is 1. The van der Waals surface area contributed by atoms with E-state index in [4.69, 9.17) is 23.1 Å². The van der Waals surface area contributed by atoms with E-state index in [0.717, 1.165) is 17.7 Å². The maximum atomic E-state index is 11.6. The quantitative estimate of drug-likeness (QED) is 0.848. The van der Waals surface area contributed by atoms with Gasteiger partial charge in [-0.3, -0.25) is 4.79 Å². The molecule has 0 aromatic heterocycles. The Morgan fingerprint density at radius 2 is 1.90 bits per heavy atom. The predicted molar refractivity (Wildman–Crippen MR) is 87.0 cm³/mol. The van der Waals surface area contributed by atoms with Crippen LogP contribution in [0.3, 0.4) is 0 Å². The average molecular weight is 319 g/mol. The first-order chi connectivity index (χ1) is 10.0. The normalized spacial score (nSPS) is 13.2. The maximum absolute atomic E-state index is 11.6. The van der Waals surface area contributed by atoms with E-state index in [1.54, 1.807) is 12.1 Å². The molecule has 1 aliphatic carbocycles. The number of rotatable bonds is 3. The monoisotopic (exact) mass is 318 g/mol. The summed E-state index contributed by atoms with van der Waals surface area (Å²) in [6, 6.07) is 9.60. The average Bonchev–Trinajstić information content (AvgIpc) is 2.88. The van der Waals surface area contributed by atoms with Gasteiger partial charge in [0, 0.05) is 15.5 Å². The van der Waals surface area contributed by atoms with Gasteiger partial charge in [-0.1, -0.05) is 29.4 Å². The molecule has 0 fully saturated rings. The van der Waals surface area contributed by atoms with Crippen molar-refractivity contribution in [2.45, 2.75) is 29.1 Å². The second kappa shape index (κ2) is 5.62. The van der Waals surface area contributed by atoms with Crippen LogP contribution < -0.4 is 11.5 Å². The molecule has 0 aliphatic heterocycles. The molecule has 1 amide bonds. The van der Waals surface area contributed by atoms with E-state index in [0.29, 0.717) is 21.2 Å². The van der Waals surface area contributed by atoms with E-state index < -0.39 is 5.91 Å². The van der Waals surface area contributed by atoms with Crippen molar-refractivity contribution in [3.05, 3.63) is 52.0 Å². The molecule has 0 saturated carbocycles. The van der Waals surface area contributed by atoms with E-state index in [2.05, 4.69) is 18.2 Å². The van der Waals surface area contributed by atoms with Crippen LogP contribution in [0, 0.1) is 0 Å². The minimum absolute atomic E-state index is 0.366. The summed E-state index contributed by atoms with van der Waals surface area (Å²) in [5.74, 6) is -0.520. The van der Waals surface area contributed by atoms with Crippen LogP contribution in [0.1, 0.15) is 27.9 Å². The van der Waals surface area contributed by atoms with Crippen LogP contribution in [0.4, 0.5) is 5.69 Å². The van der Waals surface area contributed by atoms with Gasteiger partial charge in [0.2, 0.25) is 5.91 Å². The van der Waals surface area contributed by atoms with E-state index in [9.17, 15) is 4.79 Å². The molecule has 108 valence electrons. The zero-order valence-corrected chi connectivity index (χ0v) is 12.9.